The van der Waals surface area contributed by atoms with Gasteiger partial charge < -0.3 is 9.80 Å². The fourth-order valence-corrected chi connectivity index (χ4v) is 2.77. The summed E-state index contributed by atoms with van der Waals surface area (Å²) in [6, 6.07) is 1.50. The molecule has 2 saturated heterocycles. The van der Waals surface area contributed by atoms with E-state index in [1.807, 2.05) is 0 Å². The average molecular weight is 269 g/mol. The Balaban J connectivity index is 0.000000191. The quantitative estimate of drug-likeness (QED) is 0.763. The first-order chi connectivity index (χ1) is 9.00. The Morgan fingerprint density at radius 1 is 0.579 bits per heavy atom. The van der Waals surface area contributed by atoms with Gasteiger partial charge in [0.2, 0.25) is 0 Å². The number of piperazine rings is 1. The highest BCUT2D eigenvalue weighted by Gasteiger charge is 2.15. The van der Waals surface area contributed by atoms with Gasteiger partial charge >= 0.3 is 0 Å². The molecule has 0 aromatic heterocycles. The third-order valence-electron chi connectivity index (χ3n) is 4.39. The molecule has 0 N–H and O–H groups in total. The molecule has 0 bridgehead atoms. The van der Waals surface area contributed by atoms with Crippen LogP contribution in [-0.2, 0) is 0 Å². The topological polar surface area (TPSA) is 9.72 Å². The molecule has 0 spiro atoms. The summed E-state index contributed by atoms with van der Waals surface area (Å²) in [4.78, 5) is 7.47. The molecule has 0 unspecified atom stereocenters. The van der Waals surface area contributed by atoms with E-state index in [0.717, 1.165) is 12.1 Å². The van der Waals surface area contributed by atoms with Crippen molar-refractivity contribution < 1.29 is 0 Å². The monoisotopic (exact) mass is 269 g/mol. The van der Waals surface area contributed by atoms with E-state index < -0.39 is 0 Å². The SMILES string of the molecule is CC(C)N1CCCCC1.CC(C)N1CCN(C)CC1. The van der Waals surface area contributed by atoms with Gasteiger partial charge in [-0.05, 0) is 60.7 Å². The van der Waals surface area contributed by atoms with Crippen molar-refractivity contribution in [2.75, 3.05) is 46.3 Å². The highest BCUT2D eigenvalue weighted by Crippen LogP contribution is 2.10. The van der Waals surface area contributed by atoms with Crippen LogP contribution in [0.25, 0.3) is 0 Å². The summed E-state index contributed by atoms with van der Waals surface area (Å²) in [5.41, 5.74) is 0. The van der Waals surface area contributed by atoms with Crippen LogP contribution in [0.4, 0.5) is 0 Å². The smallest absolute Gasteiger partial charge is 0.0112 e. The third kappa shape index (κ3) is 6.73. The molecule has 0 aromatic carbocycles. The number of likely N-dealkylation sites (N-methyl/N-ethyl adjacent to an activating group) is 1. The number of hydrogen-bond donors (Lipinski definition) is 0. The Morgan fingerprint density at radius 2 is 1.00 bits per heavy atom. The third-order valence-corrected chi connectivity index (χ3v) is 4.39. The molecule has 2 rings (SSSR count). The number of likely N-dealkylation sites (tertiary alicyclic amines) is 1. The van der Waals surface area contributed by atoms with Crippen LogP contribution in [-0.4, -0.2) is 73.1 Å². The average Bonchev–Trinajstić information content (AvgIpc) is 2.41. The Bertz CT molecular complexity index is 214. The molecule has 0 radical (unpaired) electrons. The summed E-state index contributed by atoms with van der Waals surface area (Å²) >= 11 is 0. The molecule has 0 atom stereocenters. The van der Waals surface area contributed by atoms with Gasteiger partial charge in [0.05, 0.1) is 0 Å². The van der Waals surface area contributed by atoms with Crippen LogP contribution in [0.1, 0.15) is 47.0 Å². The Kier molecular flexibility index (Phi) is 7.96. The van der Waals surface area contributed by atoms with Crippen molar-refractivity contribution >= 4 is 0 Å². The lowest BCUT2D eigenvalue weighted by atomic mass is 10.1. The van der Waals surface area contributed by atoms with Gasteiger partial charge in [-0.1, -0.05) is 6.42 Å². The molecule has 3 heteroatoms. The van der Waals surface area contributed by atoms with Crippen molar-refractivity contribution in [1.82, 2.24) is 14.7 Å². The van der Waals surface area contributed by atoms with Crippen LogP contribution in [0.3, 0.4) is 0 Å². The molecule has 3 nitrogen and oxygen atoms in total. The largest absolute Gasteiger partial charge is 0.304 e. The van der Waals surface area contributed by atoms with Gasteiger partial charge in [-0.15, -0.1) is 0 Å². The summed E-state index contributed by atoms with van der Waals surface area (Å²) in [7, 11) is 2.19. The van der Waals surface area contributed by atoms with Crippen LogP contribution in [0, 0.1) is 0 Å². The van der Waals surface area contributed by atoms with Gasteiger partial charge in [0.15, 0.2) is 0 Å². The van der Waals surface area contributed by atoms with Crippen LogP contribution in [0.5, 0.6) is 0 Å². The minimum atomic E-state index is 0.730. The predicted octanol–water partition coefficient (Wildman–Crippen LogP) is 2.52. The molecule has 114 valence electrons. The molecule has 2 aliphatic rings. The molecule has 2 aliphatic heterocycles. The molecular weight excluding hydrogens is 234 g/mol. The molecule has 0 amide bonds. The van der Waals surface area contributed by atoms with Crippen molar-refractivity contribution in [3.05, 3.63) is 0 Å². The Labute approximate surface area is 120 Å². The molecule has 0 saturated carbocycles. The summed E-state index contributed by atoms with van der Waals surface area (Å²) in [6.45, 7) is 16.7. The van der Waals surface area contributed by atoms with E-state index in [1.165, 1.54) is 58.5 Å². The van der Waals surface area contributed by atoms with E-state index in [-0.39, 0.29) is 0 Å². The lowest BCUT2D eigenvalue weighted by Gasteiger charge is -2.34. The first kappa shape index (κ1) is 16.9. The number of hydrogen-bond acceptors (Lipinski definition) is 3. The zero-order valence-corrected chi connectivity index (χ0v) is 13.9. The standard InChI is InChI=1S/C8H18N2.C8H17N/c1-8(2)10-6-4-9(3)5-7-10;1-8(2)9-6-4-3-5-7-9/h8H,4-7H2,1-3H3;8H,3-7H2,1-2H3. The molecule has 2 fully saturated rings. The minimum Gasteiger partial charge on any atom is -0.304 e. The zero-order chi connectivity index (χ0) is 14.3. The molecule has 19 heavy (non-hydrogen) atoms. The highest BCUT2D eigenvalue weighted by molar-refractivity contribution is 4.71. The maximum Gasteiger partial charge on any atom is 0.0112 e. The lowest BCUT2D eigenvalue weighted by molar-refractivity contribution is 0.126. The van der Waals surface area contributed by atoms with Gasteiger partial charge in [-0.3, -0.25) is 4.90 Å². The summed E-state index contributed by atoms with van der Waals surface area (Å²) in [5, 5.41) is 0. The minimum absolute atomic E-state index is 0.730. The van der Waals surface area contributed by atoms with Crippen LogP contribution >= 0.6 is 0 Å². The van der Waals surface area contributed by atoms with Crippen LogP contribution < -0.4 is 0 Å². The van der Waals surface area contributed by atoms with Gasteiger partial charge in [-0.2, -0.15) is 0 Å². The second kappa shape index (κ2) is 8.93. The van der Waals surface area contributed by atoms with E-state index in [0.29, 0.717) is 0 Å². The first-order valence-electron chi connectivity index (χ1n) is 8.17. The highest BCUT2D eigenvalue weighted by atomic mass is 15.3. The second-order valence-electron chi connectivity index (χ2n) is 6.62. The van der Waals surface area contributed by atoms with E-state index in [1.54, 1.807) is 0 Å². The molecule has 0 aliphatic carbocycles. The van der Waals surface area contributed by atoms with Crippen molar-refractivity contribution in [3.8, 4) is 0 Å². The number of rotatable bonds is 2. The van der Waals surface area contributed by atoms with E-state index >= 15 is 0 Å². The first-order valence-corrected chi connectivity index (χ1v) is 8.17. The second-order valence-corrected chi connectivity index (χ2v) is 6.62. The van der Waals surface area contributed by atoms with Gasteiger partial charge in [0, 0.05) is 38.3 Å². The van der Waals surface area contributed by atoms with Crippen LogP contribution in [0.2, 0.25) is 0 Å². The normalized spacial score (nSPS) is 23.5. The van der Waals surface area contributed by atoms with E-state index in [9.17, 15) is 0 Å². The van der Waals surface area contributed by atoms with Crippen molar-refractivity contribution in [2.45, 2.75) is 59.0 Å². The lowest BCUT2D eigenvalue weighted by Crippen LogP contribution is -2.47. The molecule has 2 heterocycles. The maximum absolute atomic E-state index is 2.56. The summed E-state index contributed by atoms with van der Waals surface area (Å²) < 4.78 is 0. The Hall–Kier alpha value is -0.120. The fourth-order valence-electron chi connectivity index (χ4n) is 2.77. The molecular formula is C16H35N3. The zero-order valence-electron chi connectivity index (χ0n) is 13.9. The summed E-state index contributed by atoms with van der Waals surface area (Å²) in [5.74, 6) is 0. The van der Waals surface area contributed by atoms with E-state index in [4.69, 9.17) is 0 Å². The fraction of sp³-hybridized carbons (Fsp3) is 1.00. The summed E-state index contributed by atoms with van der Waals surface area (Å²) in [6.07, 6.45) is 4.28. The molecule has 0 aromatic rings. The van der Waals surface area contributed by atoms with Gasteiger partial charge in [-0.25, -0.2) is 0 Å². The van der Waals surface area contributed by atoms with Crippen LogP contribution in [0.15, 0.2) is 0 Å². The van der Waals surface area contributed by atoms with Crippen molar-refractivity contribution in [2.24, 2.45) is 0 Å². The maximum atomic E-state index is 2.56. The predicted molar refractivity (Wildman–Crippen MR) is 84.8 cm³/mol. The van der Waals surface area contributed by atoms with E-state index in [2.05, 4.69) is 49.4 Å². The Morgan fingerprint density at radius 3 is 1.37 bits per heavy atom. The number of piperidine rings is 1. The van der Waals surface area contributed by atoms with Crippen molar-refractivity contribution in [1.29, 1.82) is 0 Å². The number of nitrogens with zero attached hydrogens (tertiary/aromatic N) is 3. The van der Waals surface area contributed by atoms with Gasteiger partial charge in [0.1, 0.15) is 0 Å². The van der Waals surface area contributed by atoms with Crippen molar-refractivity contribution in [3.63, 3.8) is 0 Å². The van der Waals surface area contributed by atoms with Gasteiger partial charge in [0.25, 0.3) is 0 Å².